The van der Waals surface area contributed by atoms with Crippen molar-refractivity contribution < 1.29 is 4.79 Å². The number of carbonyl (C=O) groups excluding carboxylic acids is 1. The van der Waals surface area contributed by atoms with Gasteiger partial charge >= 0.3 is 0 Å². The molecule has 2 aromatic carbocycles. The van der Waals surface area contributed by atoms with Gasteiger partial charge in [-0.25, -0.2) is 0 Å². The lowest BCUT2D eigenvalue weighted by Crippen LogP contribution is -2.31. The zero-order valence-electron chi connectivity index (χ0n) is 13.2. The minimum atomic E-state index is -0.604. The Labute approximate surface area is 135 Å². The first kappa shape index (κ1) is 15.2. The highest BCUT2D eigenvalue weighted by Gasteiger charge is 2.33. The molecule has 0 aliphatic heterocycles. The van der Waals surface area contributed by atoms with Gasteiger partial charge in [0.25, 0.3) is 0 Å². The van der Waals surface area contributed by atoms with Crippen LogP contribution in [0.1, 0.15) is 29.3 Å². The van der Waals surface area contributed by atoms with Crippen molar-refractivity contribution in [1.29, 1.82) is 5.41 Å². The van der Waals surface area contributed by atoms with Crippen molar-refractivity contribution in [2.75, 3.05) is 0 Å². The molecule has 1 aromatic heterocycles. The summed E-state index contributed by atoms with van der Waals surface area (Å²) in [5.41, 5.74) is 2.25. The van der Waals surface area contributed by atoms with Crippen LogP contribution >= 0.6 is 0 Å². The molecule has 3 nitrogen and oxygen atoms in total. The predicted octanol–water partition coefficient (Wildman–Crippen LogP) is 4.64. The van der Waals surface area contributed by atoms with Gasteiger partial charge in [-0.3, -0.25) is 4.79 Å². The van der Waals surface area contributed by atoms with E-state index in [0.29, 0.717) is 18.4 Å². The number of Topliss-reactive ketones (excluding diaryl/α,β-unsaturated/α-hetero) is 1. The minimum Gasteiger partial charge on any atom is -0.361 e. The van der Waals surface area contributed by atoms with E-state index in [-0.39, 0.29) is 5.78 Å². The van der Waals surface area contributed by atoms with Crippen LogP contribution in [0.3, 0.4) is 0 Å². The van der Waals surface area contributed by atoms with Crippen LogP contribution in [0, 0.1) is 10.8 Å². The molecule has 0 unspecified atom stereocenters. The second kappa shape index (κ2) is 6.21. The standard InChI is InChI=1S/C20H20N2O/c1-20(10-11-21,14-15-5-3-2-4-6-15)19(23)17-7-8-18-16(13-17)9-12-22-18/h2-9,11-13,21-22H,10,14H2,1H3/t20-/m0/s1. The van der Waals surface area contributed by atoms with Crippen molar-refractivity contribution in [3.63, 3.8) is 0 Å². The lowest BCUT2D eigenvalue weighted by molar-refractivity contribution is 0.0824. The Kier molecular flexibility index (Phi) is 4.11. The third-order valence-electron chi connectivity index (χ3n) is 4.35. The van der Waals surface area contributed by atoms with E-state index in [1.165, 1.54) is 6.21 Å². The summed E-state index contributed by atoms with van der Waals surface area (Å²) in [6.45, 7) is 1.95. The summed E-state index contributed by atoms with van der Waals surface area (Å²) in [6, 6.07) is 17.7. The van der Waals surface area contributed by atoms with Crippen LogP contribution in [0.5, 0.6) is 0 Å². The van der Waals surface area contributed by atoms with Crippen LogP contribution in [-0.4, -0.2) is 17.0 Å². The second-order valence-electron chi connectivity index (χ2n) is 6.24. The fraction of sp³-hybridized carbons (Fsp3) is 0.200. The number of fused-ring (bicyclic) bond motifs is 1. The van der Waals surface area contributed by atoms with Gasteiger partial charge in [-0.2, -0.15) is 0 Å². The van der Waals surface area contributed by atoms with Crippen LogP contribution in [-0.2, 0) is 6.42 Å². The van der Waals surface area contributed by atoms with E-state index >= 15 is 0 Å². The molecule has 3 aromatic rings. The van der Waals surface area contributed by atoms with Crippen LogP contribution in [0.25, 0.3) is 10.9 Å². The summed E-state index contributed by atoms with van der Waals surface area (Å²) >= 11 is 0. The van der Waals surface area contributed by atoms with E-state index in [9.17, 15) is 4.79 Å². The van der Waals surface area contributed by atoms with Crippen molar-refractivity contribution in [2.45, 2.75) is 19.8 Å². The van der Waals surface area contributed by atoms with Crippen molar-refractivity contribution in [3.05, 3.63) is 71.9 Å². The van der Waals surface area contributed by atoms with Gasteiger partial charge < -0.3 is 10.4 Å². The Morgan fingerprint density at radius 2 is 1.96 bits per heavy atom. The fourth-order valence-electron chi connectivity index (χ4n) is 3.06. The van der Waals surface area contributed by atoms with Gasteiger partial charge in [0.1, 0.15) is 0 Å². The number of hydrogen-bond acceptors (Lipinski definition) is 2. The number of aromatic nitrogens is 1. The average Bonchev–Trinajstić information content (AvgIpc) is 3.02. The Hall–Kier alpha value is -2.68. The molecule has 116 valence electrons. The largest absolute Gasteiger partial charge is 0.361 e. The van der Waals surface area contributed by atoms with Gasteiger partial charge in [0.05, 0.1) is 0 Å². The maximum absolute atomic E-state index is 13.1. The molecule has 0 radical (unpaired) electrons. The van der Waals surface area contributed by atoms with Gasteiger partial charge in [0, 0.05) is 28.1 Å². The van der Waals surface area contributed by atoms with Crippen LogP contribution in [0.4, 0.5) is 0 Å². The van der Waals surface area contributed by atoms with Gasteiger partial charge in [0.2, 0.25) is 0 Å². The first-order valence-electron chi connectivity index (χ1n) is 7.77. The van der Waals surface area contributed by atoms with Crippen LogP contribution in [0.2, 0.25) is 0 Å². The summed E-state index contributed by atoms with van der Waals surface area (Å²) < 4.78 is 0. The maximum atomic E-state index is 13.1. The molecule has 0 saturated heterocycles. The van der Waals surface area contributed by atoms with E-state index in [1.54, 1.807) is 0 Å². The molecule has 0 aliphatic carbocycles. The molecule has 1 atom stereocenters. The molecule has 0 saturated carbocycles. The zero-order chi connectivity index (χ0) is 16.3. The predicted molar refractivity (Wildman–Crippen MR) is 94.3 cm³/mol. The number of rotatable bonds is 6. The third-order valence-corrected chi connectivity index (χ3v) is 4.35. The number of carbonyl (C=O) groups is 1. The van der Waals surface area contributed by atoms with Crippen molar-refractivity contribution in [1.82, 2.24) is 4.98 Å². The summed E-state index contributed by atoms with van der Waals surface area (Å²) in [6.07, 6.45) is 4.29. The van der Waals surface area contributed by atoms with E-state index in [0.717, 1.165) is 16.5 Å². The van der Waals surface area contributed by atoms with Crippen molar-refractivity contribution in [2.24, 2.45) is 5.41 Å². The highest BCUT2D eigenvalue weighted by molar-refractivity contribution is 6.04. The number of H-pyrrole nitrogens is 1. The highest BCUT2D eigenvalue weighted by atomic mass is 16.1. The van der Waals surface area contributed by atoms with Gasteiger partial charge in [0.15, 0.2) is 5.78 Å². The molecule has 23 heavy (non-hydrogen) atoms. The van der Waals surface area contributed by atoms with E-state index in [4.69, 9.17) is 5.41 Å². The minimum absolute atomic E-state index is 0.0907. The quantitative estimate of drug-likeness (QED) is 0.506. The second-order valence-corrected chi connectivity index (χ2v) is 6.24. The van der Waals surface area contributed by atoms with Gasteiger partial charge in [-0.1, -0.05) is 37.3 Å². The average molecular weight is 304 g/mol. The van der Waals surface area contributed by atoms with Gasteiger partial charge in [-0.15, -0.1) is 0 Å². The monoisotopic (exact) mass is 304 g/mol. The summed E-state index contributed by atoms with van der Waals surface area (Å²) in [7, 11) is 0. The number of nitrogens with one attached hydrogen (secondary N) is 2. The topological polar surface area (TPSA) is 56.7 Å². The molecule has 3 heteroatoms. The summed E-state index contributed by atoms with van der Waals surface area (Å²) in [4.78, 5) is 16.3. The summed E-state index contributed by atoms with van der Waals surface area (Å²) in [5.74, 6) is 0.0907. The van der Waals surface area contributed by atoms with Crippen LogP contribution < -0.4 is 0 Å². The lowest BCUT2D eigenvalue weighted by Gasteiger charge is -2.27. The van der Waals surface area contributed by atoms with Crippen LogP contribution in [0.15, 0.2) is 60.8 Å². The Bertz CT molecular complexity index is 835. The van der Waals surface area contributed by atoms with Crippen molar-refractivity contribution >= 4 is 22.9 Å². The fourth-order valence-corrected chi connectivity index (χ4v) is 3.06. The first-order chi connectivity index (χ1) is 11.1. The number of ketones is 1. The molecule has 0 bridgehead atoms. The molecular weight excluding hydrogens is 284 g/mol. The highest BCUT2D eigenvalue weighted by Crippen LogP contribution is 2.31. The Balaban J connectivity index is 1.95. The molecule has 0 fully saturated rings. The smallest absolute Gasteiger partial charge is 0.169 e. The molecule has 0 spiro atoms. The molecule has 0 amide bonds. The molecule has 1 heterocycles. The van der Waals surface area contributed by atoms with E-state index in [2.05, 4.69) is 4.98 Å². The SMILES string of the molecule is C[C@](CC=N)(Cc1ccccc1)C(=O)c1ccc2[nH]ccc2c1. The maximum Gasteiger partial charge on any atom is 0.169 e. The third kappa shape index (κ3) is 3.09. The Morgan fingerprint density at radius 3 is 2.70 bits per heavy atom. The molecule has 2 N–H and O–H groups in total. The lowest BCUT2D eigenvalue weighted by atomic mass is 9.75. The number of hydrogen-bond donors (Lipinski definition) is 2. The summed E-state index contributed by atoms with van der Waals surface area (Å²) in [5, 5.41) is 8.54. The first-order valence-corrected chi connectivity index (χ1v) is 7.77. The van der Waals surface area contributed by atoms with Gasteiger partial charge in [-0.05, 0) is 48.9 Å². The van der Waals surface area contributed by atoms with E-state index in [1.807, 2.05) is 67.7 Å². The zero-order valence-corrected chi connectivity index (χ0v) is 13.2. The number of benzene rings is 2. The Morgan fingerprint density at radius 1 is 1.17 bits per heavy atom. The number of aromatic amines is 1. The normalized spacial score (nSPS) is 13.6. The molecule has 3 rings (SSSR count). The van der Waals surface area contributed by atoms with Crippen molar-refractivity contribution in [3.8, 4) is 0 Å². The van der Waals surface area contributed by atoms with E-state index < -0.39 is 5.41 Å². The molecular formula is C20H20N2O. The molecule has 0 aliphatic rings.